The van der Waals surface area contributed by atoms with Crippen molar-refractivity contribution in [2.75, 3.05) is 13.7 Å². The van der Waals surface area contributed by atoms with E-state index in [4.69, 9.17) is 9.47 Å². The Balaban J connectivity index is 1.82. The largest absolute Gasteiger partial charge is 0.497 e. The first-order valence-electron chi connectivity index (χ1n) is 8.72. The highest BCUT2D eigenvalue weighted by Gasteiger charge is 2.28. The Kier molecular flexibility index (Phi) is 6.52. The Morgan fingerprint density at radius 1 is 1.19 bits per heavy atom. The first-order chi connectivity index (χ1) is 12.1. The number of alkyl carbamates (subject to hydrolysis) is 1. The Morgan fingerprint density at radius 2 is 1.85 bits per heavy atom. The second-order valence-electron chi connectivity index (χ2n) is 7.55. The quantitative estimate of drug-likeness (QED) is 0.786. The standard InChI is InChI=1S/C18H28N2O5S/c1-18(2,3)25-17(21)20-14-6-5-13(11-14)12-19-26(22,23)16-9-7-15(24-4)8-10-16/h7-10,13-14,19H,5-6,11-12H2,1-4H3,(H,20,21)/t13-,14+/m0/s1. The van der Waals surface area contributed by atoms with Crippen LogP contribution in [-0.4, -0.2) is 39.8 Å². The number of rotatable bonds is 6. The number of amides is 1. The number of ether oxygens (including phenoxy) is 2. The predicted molar refractivity (Wildman–Crippen MR) is 98.7 cm³/mol. The minimum absolute atomic E-state index is 0.0142. The number of benzene rings is 1. The average Bonchev–Trinajstić information content (AvgIpc) is 2.98. The van der Waals surface area contributed by atoms with Crippen molar-refractivity contribution in [1.29, 1.82) is 0 Å². The van der Waals surface area contributed by atoms with Gasteiger partial charge in [0.05, 0.1) is 12.0 Å². The molecule has 1 aromatic rings. The van der Waals surface area contributed by atoms with Crippen LogP contribution in [0.2, 0.25) is 0 Å². The van der Waals surface area contributed by atoms with E-state index in [-0.39, 0.29) is 16.9 Å². The smallest absolute Gasteiger partial charge is 0.407 e. The Labute approximate surface area is 155 Å². The summed E-state index contributed by atoms with van der Waals surface area (Å²) in [5.41, 5.74) is -0.532. The van der Waals surface area contributed by atoms with Crippen LogP contribution in [0.15, 0.2) is 29.2 Å². The molecule has 1 aromatic carbocycles. The highest BCUT2D eigenvalue weighted by atomic mass is 32.2. The fraction of sp³-hybridized carbons (Fsp3) is 0.611. The van der Waals surface area contributed by atoms with Gasteiger partial charge in [-0.05, 0) is 70.2 Å². The predicted octanol–water partition coefficient (Wildman–Crippen LogP) is 2.67. The summed E-state index contributed by atoms with van der Waals surface area (Å²) in [7, 11) is -2.02. The molecule has 0 saturated heterocycles. The summed E-state index contributed by atoms with van der Waals surface area (Å²) in [6.45, 7) is 5.80. The van der Waals surface area contributed by atoms with Gasteiger partial charge in [-0.15, -0.1) is 0 Å². The van der Waals surface area contributed by atoms with Crippen molar-refractivity contribution in [2.45, 2.75) is 56.6 Å². The van der Waals surface area contributed by atoms with Crippen LogP contribution in [0, 0.1) is 5.92 Å². The van der Waals surface area contributed by atoms with Crippen LogP contribution >= 0.6 is 0 Å². The van der Waals surface area contributed by atoms with Gasteiger partial charge in [0.15, 0.2) is 0 Å². The van der Waals surface area contributed by atoms with Gasteiger partial charge in [-0.3, -0.25) is 0 Å². The van der Waals surface area contributed by atoms with Gasteiger partial charge in [0.2, 0.25) is 10.0 Å². The normalized spacial score (nSPS) is 20.6. The van der Waals surface area contributed by atoms with E-state index in [1.807, 2.05) is 20.8 Å². The molecule has 0 spiro atoms. The lowest BCUT2D eigenvalue weighted by atomic mass is 10.1. The zero-order valence-electron chi connectivity index (χ0n) is 15.7. The van der Waals surface area contributed by atoms with E-state index >= 15 is 0 Å². The molecule has 146 valence electrons. The van der Waals surface area contributed by atoms with Gasteiger partial charge in [0, 0.05) is 12.6 Å². The van der Waals surface area contributed by atoms with Crippen molar-refractivity contribution in [3.8, 4) is 5.75 Å². The zero-order valence-corrected chi connectivity index (χ0v) is 16.6. The van der Waals surface area contributed by atoms with Crippen molar-refractivity contribution < 1.29 is 22.7 Å². The van der Waals surface area contributed by atoms with Gasteiger partial charge in [-0.1, -0.05) is 0 Å². The van der Waals surface area contributed by atoms with Crippen molar-refractivity contribution in [1.82, 2.24) is 10.0 Å². The summed E-state index contributed by atoms with van der Waals surface area (Å²) < 4.78 is 37.7. The van der Waals surface area contributed by atoms with E-state index in [0.29, 0.717) is 12.3 Å². The maximum Gasteiger partial charge on any atom is 0.407 e. The molecular formula is C18H28N2O5S. The second kappa shape index (κ2) is 8.26. The lowest BCUT2D eigenvalue weighted by molar-refractivity contribution is 0.0504. The number of hydrogen-bond acceptors (Lipinski definition) is 5. The van der Waals surface area contributed by atoms with Gasteiger partial charge in [-0.25, -0.2) is 17.9 Å². The SMILES string of the molecule is COc1ccc(S(=O)(=O)NC[C@H]2CC[C@@H](NC(=O)OC(C)(C)C)C2)cc1. The Morgan fingerprint density at radius 3 is 2.42 bits per heavy atom. The Hall–Kier alpha value is -1.80. The van der Waals surface area contributed by atoms with E-state index < -0.39 is 21.7 Å². The second-order valence-corrected chi connectivity index (χ2v) is 9.32. The minimum atomic E-state index is -3.55. The van der Waals surface area contributed by atoms with E-state index in [1.54, 1.807) is 12.1 Å². The molecule has 7 nitrogen and oxygen atoms in total. The Bertz CT molecular complexity index is 710. The molecule has 1 fully saturated rings. The molecule has 2 rings (SSSR count). The molecule has 0 heterocycles. The summed E-state index contributed by atoms with van der Waals surface area (Å²) in [4.78, 5) is 12.0. The van der Waals surface area contributed by atoms with E-state index in [0.717, 1.165) is 19.3 Å². The third-order valence-electron chi connectivity index (χ3n) is 4.19. The molecule has 2 atom stereocenters. The van der Waals surface area contributed by atoms with Crippen molar-refractivity contribution in [2.24, 2.45) is 5.92 Å². The molecule has 1 aliphatic carbocycles. The third-order valence-corrected chi connectivity index (χ3v) is 5.63. The average molecular weight is 384 g/mol. The summed E-state index contributed by atoms with van der Waals surface area (Å²) in [5.74, 6) is 0.791. The molecule has 2 N–H and O–H groups in total. The van der Waals surface area contributed by atoms with E-state index in [1.165, 1.54) is 19.2 Å². The topological polar surface area (TPSA) is 93.7 Å². The summed E-state index contributed by atoms with van der Waals surface area (Å²) in [6.07, 6.45) is 1.96. The number of carbonyl (C=O) groups excluding carboxylic acids is 1. The maximum atomic E-state index is 12.4. The van der Waals surface area contributed by atoms with Crippen molar-refractivity contribution >= 4 is 16.1 Å². The molecule has 0 aromatic heterocycles. The van der Waals surface area contributed by atoms with Crippen LogP contribution in [0.4, 0.5) is 4.79 Å². The maximum absolute atomic E-state index is 12.4. The molecule has 1 saturated carbocycles. The van der Waals surface area contributed by atoms with Crippen LogP contribution in [0.3, 0.4) is 0 Å². The van der Waals surface area contributed by atoms with E-state index in [9.17, 15) is 13.2 Å². The van der Waals surface area contributed by atoms with Crippen LogP contribution in [-0.2, 0) is 14.8 Å². The first-order valence-corrected chi connectivity index (χ1v) is 10.2. The number of sulfonamides is 1. The highest BCUT2D eigenvalue weighted by Crippen LogP contribution is 2.26. The van der Waals surface area contributed by atoms with E-state index in [2.05, 4.69) is 10.0 Å². The van der Waals surface area contributed by atoms with Crippen molar-refractivity contribution in [3.05, 3.63) is 24.3 Å². The molecule has 0 unspecified atom stereocenters. The first kappa shape index (κ1) is 20.5. The van der Waals surface area contributed by atoms with Gasteiger partial charge in [-0.2, -0.15) is 0 Å². The minimum Gasteiger partial charge on any atom is -0.497 e. The third kappa shape index (κ3) is 6.17. The molecule has 0 aliphatic heterocycles. The van der Waals surface area contributed by atoms with Crippen LogP contribution < -0.4 is 14.8 Å². The van der Waals surface area contributed by atoms with Gasteiger partial charge in [0.25, 0.3) is 0 Å². The lowest BCUT2D eigenvalue weighted by Crippen LogP contribution is -2.38. The van der Waals surface area contributed by atoms with Crippen LogP contribution in [0.5, 0.6) is 5.75 Å². The molecule has 0 bridgehead atoms. The number of carbonyl (C=O) groups is 1. The van der Waals surface area contributed by atoms with Crippen LogP contribution in [0.1, 0.15) is 40.0 Å². The van der Waals surface area contributed by atoms with Gasteiger partial charge >= 0.3 is 6.09 Å². The van der Waals surface area contributed by atoms with Gasteiger partial charge < -0.3 is 14.8 Å². The number of nitrogens with one attached hydrogen (secondary N) is 2. The van der Waals surface area contributed by atoms with Gasteiger partial charge in [0.1, 0.15) is 11.4 Å². The molecule has 8 heteroatoms. The fourth-order valence-corrected chi connectivity index (χ4v) is 4.05. The number of hydrogen-bond donors (Lipinski definition) is 2. The van der Waals surface area contributed by atoms with Crippen LogP contribution in [0.25, 0.3) is 0 Å². The molecule has 1 amide bonds. The summed E-state index contributed by atoms with van der Waals surface area (Å²) in [5, 5.41) is 2.85. The fourth-order valence-electron chi connectivity index (χ4n) is 2.93. The summed E-state index contributed by atoms with van der Waals surface area (Å²) in [6, 6.07) is 6.28. The lowest BCUT2D eigenvalue weighted by Gasteiger charge is -2.21. The zero-order chi connectivity index (χ0) is 19.4. The highest BCUT2D eigenvalue weighted by molar-refractivity contribution is 7.89. The van der Waals surface area contributed by atoms with Crippen molar-refractivity contribution in [3.63, 3.8) is 0 Å². The molecular weight excluding hydrogens is 356 g/mol. The monoisotopic (exact) mass is 384 g/mol. The number of methoxy groups -OCH3 is 1. The molecule has 0 radical (unpaired) electrons. The summed E-state index contributed by atoms with van der Waals surface area (Å²) >= 11 is 0. The molecule has 26 heavy (non-hydrogen) atoms. The molecule has 1 aliphatic rings.